The van der Waals surface area contributed by atoms with Crippen LogP contribution in [0.2, 0.25) is 0 Å². The van der Waals surface area contributed by atoms with Crippen LogP contribution in [0.5, 0.6) is 0 Å². The summed E-state index contributed by atoms with van der Waals surface area (Å²) in [5.41, 5.74) is 0. The Balaban J connectivity index is 2.24. The smallest absolute Gasteiger partial charge is 0.166 e. The van der Waals surface area contributed by atoms with Gasteiger partial charge in [-0.25, -0.2) is 0 Å². The van der Waals surface area contributed by atoms with Crippen LogP contribution in [0.15, 0.2) is 22.8 Å². The molecule has 0 aliphatic heterocycles. The van der Waals surface area contributed by atoms with Gasteiger partial charge in [0, 0.05) is 6.04 Å². The molecule has 0 radical (unpaired) electrons. The molecule has 0 aliphatic carbocycles. The van der Waals surface area contributed by atoms with E-state index in [1.165, 1.54) is 0 Å². The molecule has 0 atom stereocenters. The van der Waals surface area contributed by atoms with Crippen molar-refractivity contribution in [1.82, 2.24) is 10.6 Å². The Morgan fingerprint density at radius 3 is 2.73 bits per heavy atom. The Hall–Kier alpha value is -1.03. The van der Waals surface area contributed by atoms with Gasteiger partial charge in [0.1, 0.15) is 5.76 Å². The van der Waals surface area contributed by atoms with E-state index in [0.29, 0.717) is 17.7 Å². The molecule has 3 nitrogen and oxygen atoms in total. The van der Waals surface area contributed by atoms with Gasteiger partial charge in [0.15, 0.2) is 5.11 Å². The van der Waals surface area contributed by atoms with Crippen molar-refractivity contribution in [3.63, 3.8) is 0 Å². The normalized spacial score (nSPS) is 10.3. The standard InChI is InChI=1S/C11H18N2OS/c1-3-9(4-2)13-11(15)12-8-10-6-5-7-14-10/h5-7,9H,3-4,8H2,1-2H3,(H2,12,13,15). The van der Waals surface area contributed by atoms with Crippen LogP contribution >= 0.6 is 12.2 Å². The third-order valence-electron chi connectivity index (χ3n) is 2.32. The van der Waals surface area contributed by atoms with Crippen molar-refractivity contribution in [2.75, 3.05) is 0 Å². The molecule has 0 amide bonds. The Morgan fingerprint density at radius 2 is 2.20 bits per heavy atom. The quantitative estimate of drug-likeness (QED) is 0.756. The van der Waals surface area contributed by atoms with Crippen LogP contribution in [-0.4, -0.2) is 11.2 Å². The molecule has 1 rings (SSSR count). The molecule has 1 heterocycles. The second-order valence-electron chi connectivity index (χ2n) is 3.42. The molecule has 84 valence electrons. The second-order valence-corrected chi connectivity index (χ2v) is 3.83. The number of furan rings is 1. The molecule has 0 bridgehead atoms. The maximum absolute atomic E-state index is 5.19. The average Bonchev–Trinajstić information content (AvgIpc) is 2.75. The lowest BCUT2D eigenvalue weighted by Crippen LogP contribution is -2.40. The van der Waals surface area contributed by atoms with Gasteiger partial charge < -0.3 is 15.1 Å². The van der Waals surface area contributed by atoms with Gasteiger partial charge in [0.25, 0.3) is 0 Å². The molecule has 0 aliphatic rings. The van der Waals surface area contributed by atoms with E-state index in [0.717, 1.165) is 18.6 Å². The topological polar surface area (TPSA) is 37.2 Å². The van der Waals surface area contributed by atoms with Crippen molar-refractivity contribution in [3.8, 4) is 0 Å². The predicted octanol–water partition coefficient (Wildman–Crippen LogP) is 2.43. The molecule has 0 unspecified atom stereocenters. The summed E-state index contributed by atoms with van der Waals surface area (Å²) in [5, 5.41) is 7.06. The zero-order chi connectivity index (χ0) is 11.1. The van der Waals surface area contributed by atoms with E-state index >= 15 is 0 Å². The highest BCUT2D eigenvalue weighted by molar-refractivity contribution is 7.80. The second kappa shape index (κ2) is 6.45. The summed E-state index contributed by atoms with van der Waals surface area (Å²) in [7, 11) is 0. The SMILES string of the molecule is CCC(CC)NC(=S)NCc1ccco1. The summed E-state index contributed by atoms with van der Waals surface area (Å²) in [6.07, 6.45) is 3.83. The monoisotopic (exact) mass is 226 g/mol. The van der Waals surface area contributed by atoms with Crippen molar-refractivity contribution >= 4 is 17.3 Å². The van der Waals surface area contributed by atoms with Gasteiger partial charge in [-0.1, -0.05) is 13.8 Å². The van der Waals surface area contributed by atoms with E-state index in [2.05, 4.69) is 24.5 Å². The van der Waals surface area contributed by atoms with Crippen LogP contribution < -0.4 is 10.6 Å². The fourth-order valence-electron chi connectivity index (χ4n) is 1.31. The Labute approximate surface area is 96.2 Å². The van der Waals surface area contributed by atoms with Gasteiger partial charge >= 0.3 is 0 Å². The molecule has 0 fully saturated rings. The number of thiocarbonyl (C=S) groups is 1. The molecule has 0 spiro atoms. The largest absolute Gasteiger partial charge is 0.467 e. The minimum absolute atomic E-state index is 0.460. The lowest BCUT2D eigenvalue weighted by Gasteiger charge is -2.17. The summed E-state index contributed by atoms with van der Waals surface area (Å²) in [4.78, 5) is 0. The summed E-state index contributed by atoms with van der Waals surface area (Å²) in [5.74, 6) is 0.892. The summed E-state index contributed by atoms with van der Waals surface area (Å²) < 4.78 is 5.19. The highest BCUT2D eigenvalue weighted by atomic mass is 32.1. The lowest BCUT2D eigenvalue weighted by molar-refractivity contribution is 0.499. The van der Waals surface area contributed by atoms with Gasteiger partial charge in [-0.2, -0.15) is 0 Å². The van der Waals surface area contributed by atoms with Crippen molar-refractivity contribution in [2.45, 2.75) is 39.3 Å². The molecule has 4 heteroatoms. The first-order chi connectivity index (χ1) is 7.26. The predicted molar refractivity (Wildman–Crippen MR) is 65.7 cm³/mol. The van der Waals surface area contributed by atoms with Gasteiger partial charge in [-0.3, -0.25) is 0 Å². The number of hydrogen-bond acceptors (Lipinski definition) is 2. The first-order valence-electron chi connectivity index (χ1n) is 5.33. The minimum Gasteiger partial charge on any atom is -0.467 e. The maximum Gasteiger partial charge on any atom is 0.166 e. The third-order valence-corrected chi connectivity index (χ3v) is 2.59. The van der Waals surface area contributed by atoms with Crippen LogP contribution in [0.1, 0.15) is 32.4 Å². The van der Waals surface area contributed by atoms with Crippen LogP contribution in [-0.2, 0) is 6.54 Å². The van der Waals surface area contributed by atoms with E-state index in [-0.39, 0.29) is 0 Å². The maximum atomic E-state index is 5.19. The van der Waals surface area contributed by atoms with Gasteiger partial charge in [-0.15, -0.1) is 0 Å². The summed E-state index contributed by atoms with van der Waals surface area (Å²) >= 11 is 5.17. The zero-order valence-electron chi connectivity index (χ0n) is 9.25. The summed E-state index contributed by atoms with van der Waals surface area (Å²) in [6.45, 7) is 4.94. The van der Waals surface area contributed by atoms with E-state index in [1.807, 2.05) is 12.1 Å². The van der Waals surface area contributed by atoms with Crippen LogP contribution in [0.25, 0.3) is 0 Å². The van der Waals surface area contributed by atoms with E-state index in [1.54, 1.807) is 6.26 Å². The van der Waals surface area contributed by atoms with Crippen molar-refractivity contribution in [2.24, 2.45) is 0 Å². The molecule has 2 N–H and O–H groups in total. The Bertz CT molecular complexity index is 281. The Kier molecular flexibility index (Phi) is 5.18. The van der Waals surface area contributed by atoms with Crippen molar-refractivity contribution in [3.05, 3.63) is 24.2 Å². The van der Waals surface area contributed by atoms with Crippen molar-refractivity contribution in [1.29, 1.82) is 0 Å². The highest BCUT2D eigenvalue weighted by Crippen LogP contribution is 1.99. The van der Waals surface area contributed by atoms with Gasteiger partial charge in [-0.05, 0) is 37.2 Å². The van der Waals surface area contributed by atoms with Crippen LogP contribution in [0, 0.1) is 0 Å². The first kappa shape index (κ1) is 12.0. The molecular formula is C11H18N2OS. The van der Waals surface area contributed by atoms with Gasteiger partial charge in [0.2, 0.25) is 0 Å². The number of nitrogens with one attached hydrogen (secondary N) is 2. The van der Waals surface area contributed by atoms with Crippen LogP contribution in [0.4, 0.5) is 0 Å². The zero-order valence-corrected chi connectivity index (χ0v) is 10.1. The molecule has 0 aromatic carbocycles. The van der Waals surface area contributed by atoms with Crippen molar-refractivity contribution < 1.29 is 4.42 Å². The molecule has 1 aromatic heterocycles. The Morgan fingerprint density at radius 1 is 1.47 bits per heavy atom. The van der Waals surface area contributed by atoms with E-state index in [9.17, 15) is 0 Å². The molecule has 15 heavy (non-hydrogen) atoms. The molecule has 0 saturated heterocycles. The first-order valence-corrected chi connectivity index (χ1v) is 5.73. The summed E-state index contributed by atoms with van der Waals surface area (Å²) in [6, 6.07) is 4.25. The fraction of sp³-hybridized carbons (Fsp3) is 0.545. The van der Waals surface area contributed by atoms with E-state index in [4.69, 9.17) is 16.6 Å². The molecule has 0 saturated carbocycles. The van der Waals surface area contributed by atoms with E-state index < -0.39 is 0 Å². The number of hydrogen-bond donors (Lipinski definition) is 2. The van der Waals surface area contributed by atoms with Crippen LogP contribution in [0.3, 0.4) is 0 Å². The fourth-order valence-corrected chi connectivity index (χ4v) is 1.55. The lowest BCUT2D eigenvalue weighted by atomic mass is 10.2. The third kappa shape index (κ3) is 4.34. The van der Waals surface area contributed by atoms with Gasteiger partial charge in [0.05, 0.1) is 12.8 Å². The number of rotatable bonds is 5. The highest BCUT2D eigenvalue weighted by Gasteiger charge is 2.04. The molecular weight excluding hydrogens is 208 g/mol. The average molecular weight is 226 g/mol. The minimum atomic E-state index is 0.460. The molecule has 1 aromatic rings.